The predicted molar refractivity (Wildman–Crippen MR) is 73.5 cm³/mol. The van der Waals surface area contributed by atoms with E-state index in [1.807, 2.05) is 4.68 Å². The Morgan fingerprint density at radius 3 is 2.84 bits per heavy atom. The number of rotatable bonds is 4. The highest BCUT2D eigenvalue weighted by atomic mass is 35.5. The van der Waals surface area contributed by atoms with Gasteiger partial charge in [0.2, 0.25) is 0 Å². The van der Waals surface area contributed by atoms with Crippen LogP contribution in [0.15, 0.2) is 12.4 Å². The molecule has 0 aromatic carbocycles. The standard InChI is InChI=1S/C13H16ClN3O2/c1-4-8(3)17-12-9(7-16-17)11(14)10(6-15-12)13(18)19-5-2/h6-8H,4-5H2,1-3H3. The molecule has 0 aliphatic carbocycles. The molecule has 0 N–H and O–H groups in total. The Morgan fingerprint density at radius 2 is 2.21 bits per heavy atom. The van der Waals surface area contributed by atoms with Crippen LogP contribution >= 0.6 is 11.6 Å². The molecular formula is C13H16ClN3O2. The molecule has 1 atom stereocenters. The molecule has 1 unspecified atom stereocenters. The zero-order valence-electron chi connectivity index (χ0n) is 11.2. The van der Waals surface area contributed by atoms with Crippen LogP contribution in [-0.2, 0) is 4.74 Å². The van der Waals surface area contributed by atoms with Gasteiger partial charge in [0.25, 0.3) is 0 Å². The minimum absolute atomic E-state index is 0.231. The highest BCUT2D eigenvalue weighted by Crippen LogP contribution is 2.27. The first-order valence-electron chi connectivity index (χ1n) is 6.28. The second kappa shape index (κ2) is 5.57. The van der Waals surface area contributed by atoms with Gasteiger partial charge >= 0.3 is 5.97 Å². The molecule has 0 saturated heterocycles. The molecule has 2 heterocycles. The Morgan fingerprint density at radius 1 is 1.47 bits per heavy atom. The molecule has 6 heteroatoms. The number of nitrogens with zero attached hydrogens (tertiary/aromatic N) is 3. The summed E-state index contributed by atoms with van der Waals surface area (Å²) in [5.74, 6) is -0.460. The number of halogens is 1. The molecular weight excluding hydrogens is 266 g/mol. The summed E-state index contributed by atoms with van der Waals surface area (Å²) >= 11 is 6.24. The molecule has 0 spiro atoms. The van der Waals surface area contributed by atoms with Gasteiger partial charge < -0.3 is 4.74 Å². The van der Waals surface area contributed by atoms with Crippen molar-refractivity contribution in [3.63, 3.8) is 0 Å². The minimum atomic E-state index is -0.460. The Hall–Kier alpha value is -1.62. The van der Waals surface area contributed by atoms with Crippen molar-refractivity contribution in [2.75, 3.05) is 6.61 Å². The molecule has 2 aromatic heterocycles. The lowest BCUT2D eigenvalue weighted by Crippen LogP contribution is -2.08. The van der Waals surface area contributed by atoms with Crippen LogP contribution in [-0.4, -0.2) is 27.3 Å². The molecule has 0 saturated carbocycles. The normalized spacial score (nSPS) is 12.6. The van der Waals surface area contributed by atoms with E-state index < -0.39 is 5.97 Å². The maximum absolute atomic E-state index is 11.7. The number of hydrogen-bond donors (Lipinski definition) is 0. The molecule has 19 heavy (non-hydrogen) atoms. The molecule has 0 bridgehead atoms. The fourth-order valence-corrected chi connectivity index (χ4v) is 2.07. The van der Waals surface area contributed by atoms with Crippen molar-refractivity contribution >= 4 is 28.6 Å². The fraction of sp³-hybridized carbons (Fsp3) is 0.462. The van der Waals surface area contributed by atoms with Gasteiger partial charge in [-0.05, 0) is 20.3 Å². The number of esters is 1. The zero-order valence-corrected chi connectivity index (χ0v) is 11.9. The van der Waals surface area contributed by atoms with E-state index in [4.69, 9.17) is 16.3 Å². The van der Waals surface area contributed by atoms with Gasteiger partial charge in [-0.25, -0.2) is 14.5 Å². The number of aromatic nitrogens is 3. The van der Waals surface area contributed by atoms with E-state index in [2.05, 4.69) is 23.9 Å². The molecule has 5 nitrogen and oxygen atoms in total. The van der Waals surface area contributed by atoms with Gasteiger partial charge in [0.15, 0.2) is 5.65 Å². The zero-order chi connectivity index (χ0) is 14.0. The SMILES string of the molecule is CCOC(=O)c1cnc2c(cnn2C(C)CC)c1Cl. The third-order valence-electron chi connectivity index (χ3n) is 3.06. The Kier molecular flexibility index (Phi) is 4.04. The first-order valence-corrected chi connectivity index (χ1v) is 6.66. The van der Waals surface area contributed by atoms with Crippen molar-refractivity contribution in [3.8, 4) is 0 Å². The summed E-state index contributed by atoms with van der Waals surface area (Å²) in [6.07, 6.45) is 4.03. The number of carbonyl (C=O) groups is 1. The summed E-state index contributed by atoms with van der Waals surface area (Å²) in [6.45, 7) is 6.19. The van der Waals surface area contributed by atoms with Crippen LogP contribution in [0.2, 0.25) is 5.02 Å². The van der Waals surface area contributed by atoms with E-state index in [0.29, 0.717) is 22.7 Å². The highest BCUT2D eigenvalue weighted by molar-refractivity contribution is 6.38. The van der Waals surface area contributed by atoms with E-state index in [-0.39, 0.29) is 11.6 Å². The summed E-state index contributed by atoms with van der Waals surface area (Å²) in [5, 5.41) is 5.31. The lowest BCUT2D eigenvalue weighted by Gasteiger charge is -2.10. The average Bonchev–Trinajstić information content (AvgIpc) is 2.83. The van der Waals surface area contributed by atoms with Crippen LogP contribution in [0.25, 0.3) is 11.0 Å². The van der Waals surface area contributed by atoms with E-state index in [1.165, 1.54) is 6.20 Å². The molecule has 0 aliphatic rings. The van der Waals surface area contributed by atoms with Crippen molar-refractivity contribution in [2.24, 2.45) is 0 Å². The van der Waals surface area contributed by atoms with Crippen molar-refractivity contribution in [1.82, 2.24) is 14.8 Å². The highest BCUT2D eigenvalue weighted by Gasteiger charge is 2.18. The summed E-state index contributed by atoms with van der Waals surface area (Å²) in [5.41, 5.74) is 0.965. The molecule has 0 radical (unpaired) electrons. The largest absolute Gasteiger partial charge is 0.462 e. The maximum atomic E-state index is 11.7. The average molecular weight is 282 g/mol. The Bertz CT molecular complexity index is 609. The first kappa shape index (κ1) is 13.8. The van der Waals surface area contributed by atoms with E-state index in [1.54, 1.807) is 13.1 Å². The second-order valence-corrected chi connectivity index (χ2v) is 4.67. The molecule has 2 aromatic rings. The molecule has 0 fully saturated rings. The summed E-state index contributed by atoms with van der Waals surface area (Å²) < 4.78 is 6.76. The van der Waals surface area contributed by atoms with Gasteiger partial charge in [-0.1, -0.05) is 18.5 Å². The van der Waals surface area contributed by atoms with Crippen LogP contribution in [0.5, 0.6) is 0 Å². The number of fused-ring (bicyclic) bond motifs is 1. The molecule has 0 amide bonds. The first-order chi connectivity index (χ1) is 9.10. The Labute approximate surface area is 116 Å². The quantitative estimate of drug-likeness (QED) is 0.807. The third-order valence-corrected chi connectivity index (χ3v) is 3.47. The van der Waals surface area contributed by atoms with Gasteiger partial charge in [-0.3, -0.25) is 0 Å². The topological polar surface area (TPSA) is 57.0 Å². The van der Waals surface area contributed by atoms with Gasteiger partial charge in [-0.15, -0.1) is 0 Å². The monoisotopic (exact) mass is 281 g/mol. The van der Waals surface area contributed by atoms with Crippen LogP contribution < -0.4 is 0 Å². The van der Waals surface area contributed by atoms with Crippen LogP contribution in [0.4, 0.5) is 0 Å². The molecule has 102 valence electrons. The van der Waals surface area contributed by atoms with Crippen molar-refractivity contribution in [2.45, 2.75) is 33.2 Å². The third kappa shape index (κ3) is 2.42. The summed E-state index contributed by atoms with van der Waals surface area (Å²) in [6, 6.07) is 0.231. The lowest BCUT2D eigenvalue weighted by atomic mass is 10.2. The molecule has 2 rings (SSSR count). The summed E-state index contributed by atoms with van der Waals surface area (Å²) in [7, 11) is 0. The smallest absolute Gasteiger partial charge is 0.341 e. The van der Waals surface area contributed by atoms with Crippen LogP contribution in [0.3, 0.4) is 0 Å². The van der Waals surface area contributed by atoms with Gasteiger partial charge in [0.1, 0.15) is 0 Å². The van der Waals surface area contributed by atoms with Crippen LogP contribution in [0, 0.1) is 0 Å². The molecule has 0 aliphatic heterocycles. The van der Waals surface area contributed by atoms with Crippen LogP contribution in [0.1, 0.15) is 43.6 Å². The fourth-order valence-electron chi connectivity index (χ4n) is 1.81. The number of hydrogen-bond acceptors (Lipinski definition) is 4. The number of pyridine rings is 1. The number of ether oxygens (including phenoxy) is 1. The van der Waals surface area contributed by atoms with Crippen molar-refractivity contribution in [1.29, 1.82) is 0 Å². The second-order valence-electron chi connectivity index (χ2n) is 4.29. The van der Waals surface area contributed by atoms with Gasteiger partial charge in [0, 0.05) is 6.20 Å². The Balaban J connectivity index is 2.52. The number of carbonyl (C=O) groups excluding carboxylic acids is 1. The van der Waals surface area contributed by atoms with Gasteiger partial charge in [-0.2, -0.15) is 5.10 Å². The van der Waals surface area contributed by atoms with Crippen molar-refractivity contribution < 1.29 is 9.53 Å². The van der Waals surface area contributed by atoms with Crippen molar-refractivity contribution in [3.05, 3.63) is 23.0 Å². The van der Waals surface area contributed by atoms with E-state index in [9.17, 15) is 4.79 Å². The minimum Gasteiger partial charge on any atom is -0.462 e. The maximum Gasteiger partial charge on any atom is 0.341 e. The lowest BCUT2D eigenvalue weighted by molar-refractivity contribution is 0.0526. The van der Waals surface area contributed by atoms with E-state index in [0.717, 1.165) is 6.42 Å². The summed E-state index contributed by atoms with van der Waals surface area (Å²) in [4.78, 5) is 16.0. The van der Waals surface area contributed by atoms with E-state index >= 15 is 0 Å². The predicted octanol–water partition coefficient (Wildman–Crippen LogP) is 3.23. The van der Waals surface area contributed by atoms with Gasteiger partial charge in [0.05, 0.1) is 34.8 Å².